The fourth-order valence-corrected chi connectivity index (χ4v) is 3.91. The topological polar surface area (TPSA) is 56.7 Å². The summed E-state index contributed by atoms with van der Waals surface area (Å²) in [5.41, 5.74) is 0.566. The zero-order valence-corrected chi connectivity index (χ0v) is 16.6. The second-order valence-electron chi connectivity index (χ2n) is 7.18. The Morgan fingerprint density at radius 3 is 2.61 bits per heavy atom. The van der Waals surface area contributed by atoms with Crippen molar-refractivity contribution in [3.05, 3.63) is 0 Å². The van der Waals surface area contributed by atoms with Gasteiger partial charge in [-0.25, -0.2) is 0 Å². The van der Waals surface area contributed by atoms with Crippen molar-refractivity contribution in [1.29, 1.82) is 0 Å². The average Bonchev–Trinajstić information content (AvgIpc) is 3.15. The SMILES string of the molecule is CCNC(=NCCNC(=O)C1CC1)N1CCC2(CCCC2)C1.I. The van der Waals surface area contributed by atoms with Crippen LogP contribution in [0.1, 0.15) is 51.9 Å². The standard InChI is InChI=1S/C17H30N4O.HI/c1-2-18-16(20-11-10-19-15(22)14-5-6-14)21-12-9-17(13-21)7-3-4-8-17;/h14H,2-13H2,1H3,(H,18,20)(H,19,22);1H. The third-order valence-corrected chi connectivity index (χ3v) is 5.36. The van der Waals surface area contributed by atoms with Crippen LogP contribution >= 0.6 is 24.0 Å². The molecule has 23 heavy (non-hydrogen) atoms. The van der Waals surface area contributed by atoms with Gasteiger partial charge in [0.2, 0.25) is 5.91 Å². The number of halogens is 1. The lowest BCUT2D eigenvalue weighted by molar-refractivity contribution is -0.122. The van der Waals surface area contributed by atoms with Gasteiger partial charge in [-0.2, -0.15) is 0 Å². The number of nitrogens with zero attached hydrogens (tertiary/aromatic N) is 2. The van der Waals surface area contributed by atoms with Crippen LogP contribution in [0.5, 0.6) is 0 Å². The molecule has 3 rings (SSSR count). The first-order chi connectivity index (χ1) is 10.7. The van der Waals surface area contributed by atoms with E-state index in [2.05, 4.69) is 22.5 Å². The molecule has 1 amide bonds. The van der Waals surface area contributed by atoms with Gasteiger partial charge in [-0.05, 0) is 44.4 Å². The van der Waals surface area contributed by atoms with E-state index in [0.29, 0.717) is 18.5 Å². The summed E-state index contributed by atoms with van der Waals surface area (Å²) >= 11 is 0. The van der Waals surface area contributed by atoms with Gasteiger partial charge in [-0.3, -0.25) is 9.79 Å². The third kappa shape index (κ3) is 4.97. The third-order valence-electron chi connectivity index (χ3n) is 5.36. The number of carbonyl (C=O) groups excluding carboxylic acids is 1. The highest BCUT2D eigenvalue weighted by molar-refractivity contribution is 14.0. The Morgan fingerprint density at radius 2 is 1.96 bits per heavy atom. The van der Waals surface area contributed by atoms with E-state index in [1.807, 2.05) is 0 Å². The first-order valence-electron chi connectivity index (χ1n) is 9.03. The van der Waals surface area contributed by atoms with E-state index < -0.39 is 0 Å². The Balaban J connectivity index is 0.00000192. The number of likely N-dealkylation sites (tertiary alicyclic amines) is 1. The highest BCUT2D eigenvalue weighted by atomic mass is 127. The summed E-state index contributed by atoms with van der Waals surface area (Å²) < 4.78 is 0. The van der Waals surface area contributed by atoms with Crippen molar-refractivity contribution in [2.75, 3.05) is 32.7 Å². The van der Waals surface area contributed by atoms with Crippen molar-refractivity contribution in [3.8, 4) is 0 Å². The number of hydrogen-bond acceptors (Lipinski definition) is 2. The summed E-state index contributed by atoms with van der Waals surface area (Å²) in [6.45, 7) is 6.63. The molecule has 132 valence electrons. The predicted octanol–water partition coefficient (Wildman–Crippen LogP) is 2.36. The minimum absolute atomic E-state index is 0. The molecule has 0 atom stereocenters. The van der Waals surface area contributed by atoms with Crippen LogP contribution in [0.4, 0.5) is 0 Å². The van der Waals surface area contributed by atoms with Gasteiger partial charge >= 0.3 is 0 Å². The van der Waals surface area contributed by atoms with E-state index in [-0.39, 0.29) is 35.8 Å². The highest BCUT2D eigenvalue weighted by Crippen LogP contribution is 2.45. The number of amides is 1. The summed E-state index contributed by atoms with van der Waals surface area (Å²) in [5.74, 6) is 1.54. The molecule has 2 N–H and O–H groups in total. The van der Waals surface area contributed by atoms with Gasteiger partial charge < -0.3 is 15.5 Å². The minimum atomic E-state index is 0. The number of rotatable bonds is 5. The Hall–Kier alpha value is -0.530. The summed E-state index contributed by atoms with van der Waals surface area (Å²) in [7, 11) is 0. The van der Waals surface area contributed by atoms with Crippen LogP contribution in [0, 0.1) is 11.3 Å². The molecular formula is C17H31IN4O. The Morgan fingerprint density at radius 1 is 1.22 bits per heavy atom. The highest BCUT2D eigenvalue weighted by Gasteiger charge is 2.41. The van der Waals surface area contributed by atoms with Crippen molar-refractivity contribution in [3.63, 3.8) is 0 Å². The van der Waals surface area contributed by atoms with Crippen LogP contribution in [0.25, 0.3) is 0 Å². The van der Waals surface area contributed by atoms with E-state index in [0.717, 1.165) is 38.4 Å². The monoisotopic (exact) mass is 434 g/mol. The molecule has 1 spiro atoms. The Labute approximate surface area is 157 Å². The maximum atomic E-state index is 11.6. The van der Waals surface area contributed by atoms with Crippen LogP contribution in [-0.4, -0.2) is 49.5 Å². The summed E-state index contributed by atoms with van der Waals surface area (Å²) in [4.78, 5) is 18.8. The molecule has 1 saturated heterocycles. The van der Waals surface area contributed by atoms with E-state index in [9.17, 15) is 4.79 Å². The molecule has 1 aliphatic heterocycles. The second kappa shape index (κ2) is 8.53. The van der Waals surface area contributed by atoms with Crippen LogP contribution in [-0.2, 0) is 4.79 Å². The molecule has 1 heterocycles. The summed E-state index contributed by atoms with van der Waals surface area (Å²) in [5, 5.41) is 6.41. The van der Waals surface area contributed by atoms with Crippen LogP contribution in [0.2, 0.25) is 0 Å². The maximum absolute atomic E-state index is 11.6. The van der Waals surface area contributed by atoms with E-state index in [1.165, 1.54) is 32.1 Å². The zero-order chi connectivity index (χ0) is 15.4. The number of guanidine groups is 1. The smallest absolute Gasteiger partial charge is 0.223 e. The molecule has 0 aromatic rings. The number of carbonyl (C=O) groups is 1. The average molecular weight is 434 g/mol. The Kier molecular flexibility index (Phi) is 6.98. The van der Waals surface area contributed by atoms with Crippen LogP contribution in [0.3, 0.4) is 0 Å². The fraction of sp³-hybridized carbons (Fsp3) is 0.882. The molecule has 0 aromatic heterocycles. The van der Waals surface area contributed by atoms with Crippen molar-refractivity contribution in [2.45, 2.75) is 51.9 Å². The lowest BCUT2D eigenvalue weighted by Gasteiger charge is -2.26. The number of nitrogens with one attached hydrogen (secondary N) is 2. The van der Waals surface area contributed by atoms with Crippen LogP contribution < -0.4 is 10.6 Å². The van der Waals surface area contributed by atoms with Crippen molar-refractivity contribution >= 4 is 35.8 Å². The summed E-state index contributed by atoms with van der Waals surface area (Å²) in [6.07, 6.45) is 9.02. The molecule has 3 fully saturated rings. The van der Waals surface area contributed by atoms with Gasteiger partial charge in [0.25, 0.3) is 0 Å². The second-order valence-corrected chi connectivity index (χ2v) is 7.18. The van der Waals surface area contributed by atoms with E-state index in [1.54, 1.807) is 0 Å². The molecule has 0 radical (unpaired) electrons. The lowest BCUT2D eigenvalue weighted by Crippen LogP contribution is -2.41. The van der Waals surface area contributed by atoms with Crippen molar-refractivity contribution < 1.29 is 4.79 Å². The van der Waals surface area contributed by atoms with Gasteiger partial charge in [0.05, 0.1) is 6.54 Å². The quantitative estimate of drug-likeness (QED) is 0.302. The molecule has 0 aromatic carbocycles. The molecule has 3 aliphatic rings. The first kappa shape index (κ1) is 18.8. The zero-order valence-electron chi connectivity index (χ0n) is 14.3. The van der Waals surface area contributed by atoms with Crippen molar-refractivity contribution in [1.82, 2.24) is 15.5 Å². The molecule has 2 saturated carbocycles. The van der Waals surface area contributed by atoms with E-state index >= 15 is 0 Å². The molecule has 2 aliphatic carbocycles. The first-order valence-corrected chi connectivity index (χ1v) is 9.03. The Bertz CT molecular complexity index is 430. The largest absolute Gasteiger partial charge is 0.357 e. The van der Waals surface area contributed by atoms with E-state index in [4.69, 9.17) is 4.99 Å². The lowest BCUT2D eigenvalue weighted by atomic mass is 9.86. The number of hydrogen-bond donors (Lipinski definition) is 2. The molecule has 6 heteroatoms. The minimum Gasteiger partial charge on any atom is -0.357 e. The van der Waals surface area contributed by atoms with Gasteiger partial charge in [-0.15, -0.1) is 24.0 Å². The molecule has 0 bridgehead atoms. The maximum Gasteiger partial charge on any atom is 0.223 e. The predicted molar refractivity (Wildman–Crippen MR) is 104 cm³/mol. The van der Waals surface area contributed by atoms with Gasteiger partial charge in [0.1, 0.15) is 0 Å². The molecular weight excluding hydrogens is 403 g/mol. The van der Waals surface area contributed by atoms with Crippen LogP contribution in [0.15, 0.2) is 4.99 Å². The van der Waals surface area contributed by atoms with Gasteiger partial charge in [0.15, 0.2) is 5.96 Å². The summed E-state index contributed by atoms with van der Waals surface area (Å²) in [6, 6.07) is 0. The van der Waals surface area contributed by atoms with Gasteiger partial charge in [-0.1, -0.05) is 12.8 Å². The fourth-order valence-electron chi connectivity index (χ4n) is 3.91. The molecule has 0 unspecified atom stereocenters. The van der Waals surface area contributed by atoms with Gasteiger partial charge in [0, 0.05) is 32.1 Å². The normalized spacial score (nSPS) is 23.0. The van der Waals surface area contributed by atoms with Crippen molar-refractivity contribution in [2.24, 2.45) is 16.3 Å². The molecule has 5 nitrogen and oxygen atoms in total. The number of aliphatic imine (C=N–C) groups is 1.